The van der Waals surface area contributed by atoms with Crippen molar-refractivity contribution in [3.05, 3.63) is 11.6 Å². The van der Waals surface area contributed by atoms with Crippen LogP contribution in [0, 0.1) is 0 Å². The van der Waals surface area contributed by atoms with E-state index in [-0.39, 0.29) is 18.9 Å². The molecule has 0 heterocycles. The molecule has 6 nitrogen and oxygen atoms in total. The Kier molecular flexibility index (Phi) is 25.8. The molecule has 0 aromatic heterocycles. The largest absolute Gasteiger partial charge is 0.478 e. The number of primary amides is 1. The summed E-state index contributed by atoms with van der Waals surface area (Å²) in [6.45, 7) is 1.92. The van der Waals surface area contributed by atoms with Crippen LogP contribution in [0.5, 0.6) is 0 Å². The molecule has 39 heavy (non-hydrogen) atoms. The van der Waals surface area contributed by atoms with E-state index < -0.39 is 11.6 Å². The van der Waals surface area contributed by atoms with Crippen LogP contribution in [0.25, 0.3) is 0 Å². The molecule has 0 aliphatic rings. The second-order valence-electron chi connectivity index (χ2n) is 11.8. The molecule has 0 bridgehead atoms. The molecule has 0 saturated heterocycles. The summed E-state index contributed by atoms with van der Waals surface area (Å²) in [6, 6.07) is 0. The lowest BCUT2D eigenvalue weighted by Gasteiger charge is -2.24. The minimum atomic E-state index is -1.23. The lowest BCUT2D eigenvalue weighted by atomic mass is 9.91. The highest BCUT2D eigenvalue weighted by atomic mass is 16.4. The Morgan fingerprint density at radius 3 is 1.41 bits per heavy atom. The maximum atomic E-state index is 11.7. The van der Waals surface area contributed by atoms with Crippen molar-refractivity contribution in [3.63, 3.8) is 0 Å². The molecule has 1 amide bonds. The van der Waals surface area contributed by atoms with E-state index in [1.807, 2.05) is 0 Å². The van der Waals surface area contributed by atoms with Gasteiger partial charge in [0.05, 0.1) is 12.2 Å². The Labute approximate surface area is 240 Å². The van der Waals surface area contributed by atoms with Gasteiger partial charge in [-0.25, -0.2) is 4.79 Å². The molecule has 0 rings (SSSR count). The number of carboxylic acid groups (broad SMARTS) is 1. The average Bonchev–Trinajstić information content (AvgIpc) is 2.91. The minimum absolute atomic E-state index is 0.184. The Hall–Kier alpha value is -1.40. The smallest absolute Gasteiger partial charge is 0.331 e. The first-order valence-electron chi connectivity index (χ1n) is 16.4. The van der Waals surface area contributed by atoms with Crippen molar-refractivity contribution >= 4 is 11.9 Å². The number of aliphatic hydroxyl groups excluding tert-OH is 1. The van der Waals surface area contributed by atoms with Crippen LogP contribution >= 0.6 is 0 Å². The zero-order valence-corrected chi connectivity index (χ0v) is 25.4. The van der Waals surface area contributed by atoms with Gasteiger partial charge in [0, 0.05) is 12.0 Å². The number of nitrogens with two attached hydrogens (primary N) is 1. The second kappa shape index (κ2) is 26.8. The molecule has 230 valence electrons. The lowest BCUT2D eigenvalue weighted by molar-refractivity contribution is -0.132. The fourth-order valence-electron chi connectivity index (χ4n) is 5.18. The minimum Gasteiger partial charge on any atom is -0.478 e. The van der Waals surface area contributed by atoms with E-state index in [2.05, 4.69) is 6.92 Å². The molecule has 5 N–H and O–H groups in total. The van der Waals surface area contributed by atoms with Crippen molar-refractivity contribution in [3.8, 4) is 0 Å². The molecule has 0 aromatic rings. The second-order valence-corrected chi connectivity index (χ2v) is 11.8. The summed E-state index contributed by atoms with van der Waals surface area (Å²) >= 11 is 0. The number of rotatable bonds is 30. The molecule has 6 heteroatoms. The Morgan fingerprint density at radius 1 is 0.641 bits per heavy atom. The van der Waals surface area contributed by atoms with Crippen LogP contribution in [0.3, 0.4) is 0 Å². The molecule has 1 atom stereocenters. The van der Waals surface area contributed by atoms with Crippen molar-refractivity contribution in [1.82, 2.24) is 0 Å². The number of aliphatic hydroxyl groups is 2. The van der Waals surface area contributed by atoms with E-state index in [9.17, 15) is 24.9 Å². The number of hydrogen-bond donors (Lipinski definition) is 4. The third-order valence-corrected chi connectivity index (χ3v) is 7.91. The van der Waals surface area contributed by atoms with E-state index >= 15 is 0 Å². The predicted octanol–water partition coefficient (Wildman–Crippen LogP) is 8.37. The van der Waals surface area contributed by atoms with Gasteiger partial charge in [-0.1, -0.05) is 141 Å². The van der Waals surface area contributed by atoms with E-state index in [4.69, 9.17) is 5.73 Å². The van der Waals surface area contributed by atoms with Gasteiger partial charge in [0.15, 0.2) is 0 Å². The fourth-order valence-corrected chi connectivity index (χ4v) is 5.18. The van der Waals surface area contributed by atoms with E-state index in [0.717, 1.165) is 64.2 Å². The summed E-state index contributed by atoms with van der Waals surface area (Å²) < 4.78 is 0. The topological polar surface area (TPSA) is 121 Å². The highest BCUT2D eigenvalue weighted by molar-refractivity contribution is 5.86. The molecule has 0 radical (unpaired) electrons. The van der Waals surface area contributed by atoms with Crippen molar-refractivity contribution < 1.29 is 24.9 Å². The van der Waals surface area contributed by atoms with Crippen molar-refractivity contribution in [2.24, 2.45) is 5.73 Å². The molecule has 0 aliphatic heterocycles. The first-order valence-corrected chi connectivity index (χ1v) is 16.4. The van der Waals surface area contributed by atoms with Gasteiger partial charge in [-0.3, -0.25) is 4.79 Å². The van der Waals surface area contributed by atoms with Crippen LogP contribution in [0.4, 0.5) is 0 Å². The summed E-state index contributed by atoms with van der Waals surface area (Å²) in [5.74, 6) is -1.18. The standard InChI is InChI=1S/C33H63NO5/c1-2-3-4-5-6-7-8-9-10-11-12-13-17-20-23-27-33(39,29-35)28-26-30(32(37)38)24-21-18-15-14-16-19-22-25-31(34)36/h26,35,39H,2-25,27-29H2,1H3,(H2,34,36)(H,37,38)/b30-26+. The van der Waals surface area contributed by atoms with Crippen LogP contribution in [0.15, 0.2) is 11.6 Å². The van der Waals surface area contributed by atoms with E-state index in [0.29, 0.717) is 24.8 Å². The van der Waals surface area contributed by atoms with Crippen molar-refractivity contribution in [2.45, 2.75) is 179 Å². The quantitative estimate of drug-likeness (QED) is 0.0526. The Bertz CT molecular complexity index is 621. The molecule has 1 unspecified atom stereocenters. The normalized spacial score (nSPS) is 13.5. The van der Waals surface area contributed by atoms with Gasteiger partial charge in [-0.05, 0) is 32.1 Å². The summed E-state index contributed by atoms with van der Waals surface area (Å²) in [6.07, 6.45) is 29.3. The predicted molar refractivity (Wildman–Crippen MR) is 163 cm³/mol. The van der Waals surface area contributed by atoms with Gasteiger partial charge in [0.1, 0.15) is 0 Å². The Morgan fingerprint density at radius 2 is 1.03 bits per heavy atom. The van der Waals surface area contributed by atoms with Gasteiger partial charge < -0.3 is 21.1 Å². The highest BCUT2D eigenvalue weighted by Gasteiger charge is 2.25. The number of amides is 1. The molecule has 0 aromatic carbocycles. The number of hydrogen-bond acceptors (Lipinski definition) is 4. The van der Waals surface area contributed by atoms with Gasteiger partial charge in [-0.15, -0.1) is 0 Å². The first-order chi connectivity index (χ1) is 18.8. The van der Waals surface area contributed by atoms with Crippen LogP contribution < -0.4 is 5.73 Å². The SMILES string of the molecule is CCCCCCCCCCCCCCCCCC(O)(CO)C/C=C(\CCCCCCCCCC(N)=O)C(=O)O. The molecule has 0 aliphatic carbocycles. The van der Waals surface area contributed by atoms with Crippen LogP contribution in [0.1, 0.15) is 174 Å². The van der Waals surface area contributed by atoms with Crippen LogP contribution in [-0.2, 0) is 9.59 Å². The molecule has 0 saturated carbocycles. The molecular weight excluding hydrogens is 490 g/mol. The Balaban J connectivity index is 3.91. The first kappa shape index (κ1) is 37.6. The molecule has 0 fully saturated rings. The van der Waals surface area contributed by atoms with Crippen LogP contribution in [0.2, 0.25) is 0 Å². The van der Waals surface area contributed by atoms with Gasteiger partial charge in [0.2, 0.25) is 5.91 Å². The number of unbranched alkanes of at least 4 members (excludes halogenated alkanes) is 20. The van der Waals surface area contributed by atoms with Gasteiger partial charge >= 0.3 is 5.97 Å². The lowest BCUT2D eigenvalue weighted by Crippen LogP contribution is -2.32. The van der Waals surface area contributed by atoms with E-state index in [1.54, 1.807) is 6.08 Å². The zero-order valence-electron chi connectivity index (χ0n) is 25.4. The maximum Gasteiger partial charge on any atom is 0.331 e. The summed E-state index contributed by atoms with van der Waals surface area (Å²) in [5, 5.41) is 30.1. The third kappa shape index (κ3) is 25.3. The monoisotopic (exact) mass is 553 g/mol. The number of aliphatic carboxylic acids is 1. The van der Waals surface area contributed by atoms with Gasteiger partial charge in [0.25, 0.3) is 0 Å². The molecular formula is C33H63NO5. The number of carbonyl (C=O) groups excluding carboxylic acids is 1. The average molecular weight is 554 g/mol. The fraction of sp³-hybridized carbons (Fsp3) is 0.879. The zero-order chi connectivity index (χ0) is 29.0. The maximum absolute atomic E-state index is 11.7. The third-order valence-electron chi connectivity index (χ3n) is 7.91. The summed E-state index contributed by atoms with van der Waals surface area (Å²) in [4.78, 5) is 22.4. The number of carbonyl (C=O) groups is 2. The van der Waals surface area contributed by atoms with E-state index in [1.165, 1.54) is 77.0 Å². The molecule has 0 spiro atoms. The van der Waals surface area contributed by atoms with Crippen LogP contribution in [-0.4, -0.2) is 39.4 Å². The van der Waals surface area contributed by atoms with Crippen molar-refractivity contribution in [1.29, 1.82) is 0 Å². The van der Waals surface area contributed by atoms with Gasteiger partial charge in [-0.2, -0.15) is 0 Å². The number of carboxylic acids is 1. The summed E-state index contributed by atoms with van der Waals surface area (Å²) in [5.41, 5.74) is 4.24. The van der Waals surface area contributed by atoms with Crippen molar-refractivity contribution in [2.75, 3.05) is 6.61 Å². The summed E-state index contributed by atoms with van der Waals surface area (Å²) in [7, 11) is 0. The highest BCUT2D eigenvalue weighted by Crippen LogP contribution is 2.23.